The lowest BCUT2D eigenvalue weighted by Gasteiger charge is -2.36. The molecule has 0 aliphatic carbocycles. The van der Waals surface area contributed by atoms with Crippen molar-refractivity contribution in [3.63, 3.8) is 0 Å². The number of imide groups is 1. The predicted molar refractivity (Wildman–Crippen MR) is 152 cm³/mol. The van der Waals surface area contributed by atoms with Gasteiger partial charge < -0.3 is 9.47 Å². The quantitative estimate of drug-likeness (QED) is 0.295. The molecule has 0 aromatic heterocycles. The Bertz CT molecular complexity index is 1660. The number of anilines is 1. The minimum absolute atomic E-state index is 0.00417. The number of rotatable bonds is 7. The maximum absolute atomic E-state index is 14.2. The summed E-state index contributed by atoms with van der Waals surface area (Å²) in [5.41, 5.74) is 1.52. The second kappa shape index (κ2) is 10.9. The first-order chi connectivity index (χ1) is 19.8. The molecule has 3 aromatic carbocycles. The molecule has 0 saturated heterocycles. The van der Waals surface area contributed by atoms with Crippen LogP contribution in [0.25, 0.3) is 0 Å². The second-order valence-electron chi connectivity index (χ2n) is 11.4. The molecule has 5 rings (SSSR count). The number of halogens is 1. The van der Waals surface area contributed by atoms with Crippen LogP contribution >= 0.6 is 0 Å². The molecule has 2 amide bonds. The molecule has 2 aliphatic rings. The van der Waals surface area contributed by atoms with Crippen molar-refractivity contribution in [3.05, 3.63) is 88.7 Å². The fourth-order valence-corrected chi connectivity index (χ4v) is 6.90. The van der Waals surface area contributed by atoms with E-state index in [9.17, 15) is 27.2 Å². The van der Waals surface area contributed by atoms with Crippen molar-refractivity contribution in [2.24, 2.45) is 5.92 Å². The second-order valence-corrected chi connectivity index (χ2v) is 13.3. The van der Waals surface area contributed by atoms with Gasteiger partial charge in [0.25, 0.3) is 21.8 Å². The van der Waals surface area contributed by atoms with E-state index < -0.39 is 45.1 Å². The maximum atomic E-state index is 14.2. The van der Waals surface area contributed by atoms with Crippen molar-refractivity contribution < 1.29 is 36.7 Å². The van der Waals surface area contributed by atoms with Gasteiger partial charge in [0.1, 0.15) is 5.60 Å². The number of hydrogen-bond donors (Lipinski definition) is 0. The van der Waals surface area contributed by atoms with Gasteiger partial charge in [0.15, 0.2) is 11.6 Å². The van der Waals surface area contributed by atoms with Gasteiger partial charge in [-0.3, -0.25) is 23.6 Å². The predicted octanol–water partition coefficient (Wildman–Crippen LogP) is 4.38. The highest BCUT2D eigenvalue weighted by molar-refractivity contribution is 7.92. The Morgan fingerprint density at radius 3 is 2.29 bits per heavy atom. The number of amides is 2. The van der Waals surface area contributed by atoms with Gasteiger partial charge in [-0.25, -0.2) is 12.8 Å². The molecule has 0 spiro atoms. The highest BCUT2D eigenvalue weighted by Gasteiger charge is 2.40. The van der Waals surface area contributed by atoms with Gasteiger partial charge in [-0.05, 0) is 74.6 Å². The summed E-state index contributed by atoms with van der Waals surface area (Å²) in [6.07, 6.45) is 0.315. The monoisotopic (exact) mass is 594 g/mol. The summed E-state index contributed by atoms with van der Waals surface area (Å²) < 4.78 is 53.9. The van der Waals surface area contributed by atoms with E-state index in [0.29, 0.717) is 34.4 Å². The molecule has 0 fully saturated rings. The Morgan fingerprint density at radius 1 is 1.00 bits per heavy atom. The summed E-state index contributed by atoms with van der Waals surface area (Å²) >= 11 is 0. The SMILES string of the molecule is COc1cc(S(=O)(=O)N2C[C@@H](CN3C(=O)c4ccccc4C3=O)Cc3ccc(CC(=O)OC(C)(C)C)cc32)ccc1F. The minimum atomic E-state index is -4.26. The minimum Gasteiger partial charge on any atom is -0.494 e. The Balaban J connectivity index is 1.51. The lowest BCUT2D eigenvalue weighted by molar-refractivity contribution is -0.153. The summed E-state index contributed by atoms with van der Waals surface area (Å²) in [7, 11) is -3.02. The van der Waals surface area contributed by atoms with Crippen molar-refractivity contribution in [3.8, 4) is 5.75 Å². The van der Waals surface area contributed by atoms with Crippen molar-refractivity contribution in [2.45, 2.75) is 44.1 Å². The first-order valence-corrected chi connectivity index (χ1v) is 14.9. The number of carbonyl (C=O) groups excluding carboxylic acids is 3. The van der Waals surface area contributed by atoms with Crippen LogP contribution in [-0.4, -0.2) is 56.9 Å². The molecule has 2 heterocycles. The van der Waals surface area contributed by atoms with Crippen LogP contribution in [0.1, 0.15) is 52.6 Å². The third-order valence-corrected chi connectivity index (χ3v) is 8.92. The van der Waals surface area contributed by atoms with Gasteiger partial charge in [0.2, 0.25) is 0 Å². The number of benzene rings is 3. The molecular formula is C31H31FN2O7S. The average molecular weight is 595 g/mol. The van der Waals surface area contributed by atoms with E-state index in [1.807, 2.05) is 0 Å². The van der Waals surface area contributed by atoms with Crippen LogP contribution in [0.4, 0.5) is 10.1 Å². The molecule has 0 saturated carbocycles. The van der Waals surface area contributed by atoms with Crippen LogP contribution in [0.3, 0.4) is 0 Å². The van der Waals surface area contributed by atoms with Crippen molar-refractivity contribution in [2.75, 3.05) is 24.5 Å². The topological polar surface area (TPSA) is 110 Å². The Kier molecular flexibility index (Phi) is 7.57. The van der Waals surface area contributed by atoms with Crippen molar-refractivity contribution in [1.29, 1.82) is 0 Å². The third kappa shape index (κ3) is 5.61. The molecule has 2 aliphatic heterocycles. The van der Waals surface area contributed by atoms with Crippen molar-refractivity contribution >= 4 is 33.5 Å². The van der Waals surface area contributed by atoms with Crippen LogP contribution in [0.5, 0.6) is 5.75 Å². The van der Waals surface area contributed by atoms with Gasteiger partial charge in [-0.1, -0.05) is 24.3 Å². The van der Waals surface area contributed by atoms with Crippen LogP contribution in [0.15, 0.2) is 65.6 Å². The number of hydrogen-bond acceptors (Lipinski definition) is 7. The molecule has 9 nitrogen and oxygen atoms in total. The van der Waals surface area contributed by atoms with E-state index in [2.05, 4.69) is 0 Å². The van der Waals surface area contributed by atoms with Crippen LogP contribution in [0.2, 0.25) is 0 Å². The molecule has 0 radical (unpaired) electrons. The number of esters is 1. The van der Waals surface area contributed by atoms with Crippen LogP contribution in [-0.2, 0) is 32.4 Å². The van der Waals surface area contributed by atoms with Crippen molar-refractivity contribution in [1.82, 2.24) is 4.90 Å². The Hall–Kier alpha value is -4.25. The van der Waals surface area contributed by atoms with Gasteiger partial charge in [-0.2, -0.15) is 0 Å². The summed E-state index contributed by atoms with van der Waals surface area (Å²) in [6, 6.07) is 15.0. The Labute approximate surface area is 243 Å². The van der Waals surface area contributed by atoms with Gasteiger partial charge in [0.05, 0.1) is 35.2 Å². The van der Waals surface area contributed by atoms with Gasteiger partial charge in [-0.15, -0.1) is 0 Å². The number of carbonyl (C=O) groups is 3. The molecule has 3 aromatic rings. The molecule has 11 heteroatoms. The van der Waals surface area contributed by atoms with E-state index in [-0.39, 0.29) is 30.2 Å². The molecule has 0 unspecified atom stereocenters. The zero-order valence-electron chi connectivity index (χ0n) is 23.7. The zero-order valence-corrected chi connectivity index (χ0v) is 24.5. The highest BCUT2D eigenvalue weighted by atomic mass is 32.2. The standard InChI is InChI=1S/C31H31FN2O7S/c1-31(2,3)41-28(35)15-19-9-10-21-13-20(17-33-29(36)23-7-5-6-8-24(23)30(33)37)18-34(26(21)14-19)42(38,39)22-11-12-25(32)27(16-22)40-4/h5-12,14,16,20H,13,15,17-18H2,1-4H3/t20-/m1/s1. The van der Waals surface area contributed by atoms with Gasteiger partial charge in [0, 0.05) is 19.2 Å². The lowest BCUT2D eigenvalue weighted by Crippen LogP contribution is -2.45. The fourth-order valence-electron chi connectivity index (χ4n) is 5.32. The van der Waals surface area contributed by atoms with Crippen LogP contribution in [0, 0.1) is 11.7 Å². The normalized spacial score (nSPS) is 16.7. The summed E-state index contributed by atoms with van der Waals surface area (Å²) in [6.45, 7) is 5.23. The molecule has 0 N–H and O–H groups in total. The van der Waals surface area contributed by atoms with Crippen LogP contribution < -0.4 is 9.04 Å². The smallest absolute Gasteiger partial charge is 0.310 e. The summed E-state index contributed by atoms with van der Waals surface area (Å²) in [5.74, 6) is -2.68. The molecule has 0 bridgehead atoms. The van der Waals surface area contributed by atoms with Gasteiger partial charge >= 0.3 is 5.97 Å². The maximum Gasteiger partial charge on any atom is 0.310 e. The molecule has 220 valence electrons. The van der Waals surface area contributed by atoms with E-state index in [4.69, 9.17) is 9.47 Å². The average Bonchev–Trinajstić information content (AvgIpc) is 3.16. The number of fused-ring (bicyclic) bond motifs is 2. The number of ether oxygens (including phenoxy) is 2. The number of sulfonamides is 1. The third-order valence-electron chi connectivity index (χ3n) is 7.15. The lowest BCUT2D eigenvalue weighted by atomic mass is 9.92. The molecule has 42 heavy (non-hydrogen) atoms. The number of nitrogens with zero attached hydrogens (tertiary/aromatic N) is 2. The molecule has 1 atom stereocenters. The summed E-state index contributed by atoms with van der Waals surface area (Å²) in [5, 5.41) is 0. The van der Waals surface area contributed by atoms with E-state index >= 15 is 0 Å². The number of methoxy groups -OCH3 is 1. The first kappa shape index (κ1) is 29.2. The van der Waals surface area contributed by atoms with E-state index in [0.717, 1.165) is 23.1 Å². The highest BCUT2D eigenvalue weighted by Crippen LogP contribution is 2.37. The largest absolute Gasteiger partial charge is 0.494 e. The summed E-state index contributed by atoms with van der Waals surface area (Å²) in [4.78, 5) is 39.6. The molecular weight excluding hydrogens is 563 g/mol. The Morgan fingerprint density at radius 2 is 1.67 bits per heavy atom. The first-order valence-electron chi connectivity index (χ1n) is 13.4. The zero-order chi connectivity index (χ0) is 30.4. The fraction of sp³-hybridized carbons (Fsp3) is 0.323. The van der Waals surface area contributed by atoms with E-state index in [1.54, 1.807) is 63.2 Å². The van der Waals surface area contributed by atoms with E-state index in [1.165, 1.54) is 11.4 Å².